The van der Waals surface area contributed by atoms with E-state index in [4.69, 9.17) is 9.97 Å². The summed E-state index contributed by atoms with van der Waals surface area (Å²) in [6.45, 7) is 21.2. The molecule has 5 aromatic heterocycles. The number of pyridine rings is 1. The predicted octanol–water partition coefficient (Wildman–Crippen LogP) is 16.6. The number of benzene rings is 7. The van der Waals surface area contributed by atoms with Crippen LogP contribution < -0.4 is 0 Å². The Labute approximate surface area is 415 Å². The number of aromatic hydroxyl groups is 1. The minimum Gasteiger partial charge on any atom is -0.507 e. The SMILES string of the molecule is [2H]C(C)(C)c1cccc(C([2H])(C)C)c1-c1cc2c3ccc(O)c4c5nc6c(-c7[c-]c(-c8cc(C(C)(C)C)ccn8)cc(-c8ccccc8C(C)(C)C)c7)cccc6n5c5cccc6c(c1)c2n(c34)c65.[Pt]. The van der Waals surface area contributed by atoms with Crippen LogP contribution in [0.1, 0.15) is 106 Å². The van der Waals surface area contributed by atoms with Gasteiger partial charge in [-0.15, -0.1) is 23.8 Å². The zero-order valence-corrected chi connectivity index (χ0v) is 42.5. The molecule has 340 valence electrons. The molecule has 5 nitrogen and oxygen atoms in total. The summed E-state index contributed by atoms with van der Waals surface area (Å²) in [5.41, 5.74) is 18.2. The number of phenolic OH excluding ortho intramolecular Hbond substituents is 1. The van der Waals surface area contributed by atoms with Crippen molar-refractivity contribution in [3.8, 4) is 50.4 Å². The van der Waals surface area contributed by atoms with Crippen molar-refractivity contribution in [1.29, 1.82) is 0 Å². The second kappa shape index (κ2) is 15.5. The third-order valence-electron chi connectivity index (χ3n) is 14.2. The molecule has 0 atom stereocenters. The molecule has 0 amide bonds. The van der Waals surface area contributed by atoms with Crippen LogP contribution in [-0.4, -0.2) is 23.9 Å². The van der Waals surface area contributed by atoms with Crippen LogP contribution in [0.3, 0.4) is 0 Å². The Kier molecular flexibility index (Phi) is 9.48. The summed E-state index contributed by atoms with van der Waals surface area (Å²) >= 11 is 0. The van der Waals surface area contributed by atoms with Crippen LogP contribution in [0.2, 0.25) is 0 Å². The van der Waals surface area contributed by atoms with Gasteiger partial charge < -0.3 is 9.51 Å². The van der Waals surface area contributed by atoms with Gasteiger partial charge in [0, 0.05) is 57.2 Å². The van der Waals surface area contributed by atoms with Crippen molar-refractivity contribution in [1.82, 2.24) is 18.8 Å². The summed E-state index contributed by atoms with van der Waals surface area (Å²) in [6.07, 6.45) is 1.91. The summed E-state index contributed by atoms with van der Waals surface area (Å²) < 4.78 is 23.2. The van der Waals surface area contributed by atoms with Crippen molar-refractivity contribution >= 4 is 65.7 Å². The second-order valence-corrected chi connectivity index (χ2v) is 21.1. The van der Waals surface area contributed by atoms with E-state index in [2.05, 4.69) is 153 Å². The smallest absolute Gasteiger partial charge is 0.150 e. The minimum absolute atomic E-state index is 0. The van der Waals surface area contributed by atoms with Gasteiger partial charge in [0.15, 0.2) is 5.65 Å². The summed E-state index contributed by atoms with van der Waals surface area (Å²) in [6, 6.07) is 48.7. The van der Waals surface area contributed by atoms with Crippen molar-refractivity contribution in [3.05, 3.63) is 162 Å². The van der Waals surface area contributed by atoms with E-state index in [0.717, 1.165) is 105 Å². The molecule has 0 bridgehead atoms. The standard InChI is InChI=1S/C62H55N4O.Pt/c1-34(2)41-17-13-18-42(35(3)4)54(41)39-31-47-45-20-15-23-52-58(45)66-57(47)48(32-39)46-24-25-53(67)55(59(46)66)60-64-56-44(19-14-22-51(56)65(52)60)37-28-36(43-16-11-12-21-49(43)62(8,9)10)29-38(30-37)50-33-40(26-27-63-50)61(5,6)7;/h11-29,31-35,67H,1-10H3;/q-1;/i34D,35D;. The van der Waals surface area contributed by atoms with Gasteiger partial charge in [-0.1, -0.05) is 159 Å². The van der Waals surface area contributed by atoms with Crippen LogP contribution >= 0.6 is 0 Å². The second-order valence-electron chi connectivity index (χ2n) is 21.1. The summed E-state index contributed by atoms with van der Waals surface area (Å²) in [4.78, 5) is 10.6. The molecule has 0 unspecified atom stereocenters. The minimum atomic E-state index is -0.909. The van der Waals surface area contributed by atoms with Crippen LogP contribution in [-0.2, 0) is 31.9 Å². The summed E-state index contributed by atoms with van der Waals surface area (Å²) in [5, 5.41) is 17.1. The molecule has 1 N–H and O–H groups in total. The number of rotatable bonds is 6. The molecule has 0 aliphatic carbocycles. The van der Waals surface area contributed by atoms with E-state index >= 15 is 0 Å². The summed E-state index contributed by atoms with van der Waals surface area (Å²) in [5.74, 6) is -1.66. The largest absolute Gasteiger partial charge is 0.507 e. The number of hydrogen-bond acceptors (Lipinski definition) is 3. The van der Waals surface area contributed by atoms with Gasteiger partial charge in [0.1, 0.15) is 5.75 Å². The van der Waals surface area contributed by atoms with Gasteiger partial charge in [0.05, 0.1) is 38.5 Å². The van der Waals surface area contributed by atoms with E-state index in [1.165, 1.54) is 16.7 Å². The van der Waals surface area contributed by atoms with Crippen molar-refractivity contribution in [2.75, 3.05) is 0 Å². The van der Waals surface area contributed by atoms with Gasteiger partial charge in [0.2, 0.25) is 0 Å². The molecule has 7 aromatic carbocycles. The fraction of sp³-hybridized carbons (Fsp3) is 0.226. The first kappa shape index (κ1) is 41.6. The molecule has 68 heavy (non-hydrogen) atoms. The van der Waals surface area contributed by atoms with Crippen molar-refractivity contribution in [2.45, 2.75) is 91.9 Å². The zero-order chi connectivity index (χ0) is 48.3. The van der Waals surface area contributed by atoms with Gasteiger partial charge in [-0.3, -0.25) is 9.38 Å². The van der Waals surface area contributed by atoms with E-state index in [0.29, 0.717) is 11.0 Å². The Balaban J connectivity index is 0.00000533. The molecule has 0 saturated heterocycles. The number of nitrogens with zero attached hydrogens (tertiary/aromatic N) is 4. The number of aromatic nitrogens is 4. The normalized spacial score (nSPS) is 13.5. The van der Waals surface area contributed by atoms with E-state index in [9.17, 15) is 7.85 Å². The van der Waals surface area contributed by atoms with Crippen molar-refractivity contribution in [3.63, 3.8) is 0 Å². The first-order valence-corrected chi connectivity index (χ1v) is 23.5. The first-order valence-electron chi connectivity index (χ1n) is 24.5. The van der Waals surface area contributed by atoms with Gasteiger partial charge in [-0.2, -0.15) is 0 Å². The monoisotopic (exact) mass is 1070 g/mol. The Bertz CT molecular complexity index is 4050. The van der Waals surface area contributed by atoms with Crippen molar-refractivity contribution < 1.29 is 28.9 Å². The van der Waals surface area contributed by atoms with E-state index < -0.39 is 11.8 Å². The quantitative estimate of drug-likeness (QED) is 0.169. The van der Waals surface area contributed by atoms with E-state index in [1.807, 2.05) is 64.2 Å². The van der Waals surface area contributed by atoms with E-state index in [-0.39, 0.29) is 37.6 Å². The third-order valence-corrected chi connectivity index (χ3v) is 14.2. The topological polar surface area (TPSA) is 54.8 Å². The Morgan fingerprint density at radius 3 is 1.94 bits per heavy atom. The van der Waals surface area contributed by atoms with Gasteiger partial charge in [0.25, 0.3) is 0 Å². The average Bonchev–Trinajstić information content (AvgIpc) is 3.94. The van der Waals surface area contributed by atoms with E-state index in [1.54, 1.807) is 0 Å². The molecule has 0 fully saturated rings. The molecular weight excluding hydrogens is 1010 g/mol. The van der Waals surface area contributed by atoms with Crippen LogP contribution in [0.15, 0.2) is 134 Å². The predicted molar refractivity (Wildman–Crippen MR) is 282 cm³/mol. The molecule has 0 aliphatic heterocycles. The number of fused-ring (bicyclic) bond motifs is 7. The maximum atomic E-state index is 12.2. The number of hydrogen-bond donors (Lipinski definition) is 1. The molecule has 5 heterocycles. The summed E-state index contributed by atoms with van der Waals surface area (Å²) in [7, 11) is 0. The zero-order valence-electron chi connectivity index (χ0n) is 42.3. The van der Waals surface area contributed by atoms with Crippen LogP contribution in [0.4, 0.5) is 0 Å². The number of phenols is 1. The maximum absolute atomic E-state index is 12.2. The first-order chi connectivity index (χ1) is 32.7. The average molecular weight is 1070 g/mol. The third kappa shape index (κ3) is 6.45. The Hall–Kier alpha value is -6.55. The number of imidazole rings is 1. The van der Waals surface area contributed by atoms with Gasteiger partial charge in [-0.05, 0) is 104 Å². The van der Waals surface area contributed by atoms with Crippen LogP contribution in [0, 0.1) is 6.07 Å². The fourth-order valence-electron chi connectivity index (χ4n) is 11.0. The molecule has 0 spiro atoms. The molecule has 12 aromatic rings. The van der Waals surface area contributed by atoms with Crippen molar-refractivity contribution in [2.24, 2.45) is 0 Å². The van der Waals surface area contributed by atoms with Gasteiger partial charge in [-0.25, -0.2) is 4.98 Å². The molecule has 0 saturated carbocycles. The maximum Gasteiger partial charge on any atom is 0.150 e. The Morgan fingerprint density at radius 1 is 0.588 bits per heavy atom. The van der Waals surface area contributed by atoms with Gasteiger partial charge >= 0.3 is 0 Å². The fourth-order valence-corrected chi connectivity index (χ4v) is 11.0. The molecular formula is C62H55N4OPt-. The number of para-hydroxylation sites is 2. The molecule has 12 rings (SSSR count). The molecule has 6 heteroatoms. The molecule has 0 aliphatic rings. The van der Waals surface area contributed by atoms with Crippen LogP contribution in [0.5, 0.6) is 5.75 Å². The molecule has 0 radical (unpaired) electrons. The van der Waals surface area contributed by atoms with Crippen LogP contribution in [0.25, 0.3) is 110 Å². The Morgan fingerprint density at radius 2 is 1.24 bits per heavy atom.